The third-order valence-electron chi connectivity index (χ3n) is 3.28. The van der Waals surface area contributed by atoms with E-state index in [9.17, 15) is 19.8 Å². The van der Waals surface area contributed by atoms with Gasteiger partial charge in [0.1, 0.15) is 24.9 Å². The number of hydrogen-bond donors (Lipinski definition) is 3. The van der Waals surface area contributed by atoms with E-state index in [1.54, 1.807) is 0 Å². The lowest BCUT2D eigenvalue weighted by Gasteiger charge is -2.44. The Balaban J connectivity index is 2.00. The van der Waals surface area contributed by atoms with Crippen molar-refractivity contribution in [2.75, 3.05) is 6.61 Å². The Kier molecular flexibility index (Phi) is 3.84. The molecule has 0 bridgehead atoms. The second kappa shape index (κ2) is 5.21. The SMILES string of the molecule is CC(=O)OCC1OC2CCC(=O)NC2C(O)C1O. The lowest BCUT2D eigenvalue weighted by Crippen LogP contribution is -2.66. The Morgan fingerprint density at radius 1 is 1.50 bits per heavy atom. The number of hydrogen-bond acceptors (Lipinski definition) is 6. The minimum Gasteiger partial charge on any atom is -0.463 e. The topological polar surface area (TPSA) is 105 Å². The van der Waals surface area contributed by atoms with Gasteiger partial charge in [0.25, 0.3) is 0 Å². The molecule has 0 aromatic heterocycles. The number of carbonyl (C=O) groups is 2. The number of carbonyl (C=O) groups excluding carboxylic acids is 2. The average Bonchev–Trinajstić information content (AvgIpc) is 2.32. The molecule has 102 valence electrons. The average molecular weight is 259 g/mol. The van der Waals surface area contributed by atoms with Crippen LogP contribution in [0, 0.1) is 0 Å². The largest absolute Gasteiger partial charge is 0.463 e. The van der Waals surface area contributed by atoms with E-state index >= 15 is 0 Å². The van der Waals surface area contributed by atoms with Crippen molar-refractivity contribution in [3.05, 3.63) is 0 Å². The van der Waals surface area contributed by atoms with Gasteiger partial charge in [-0.25, -0.2) is 0 Å². The zero-order valence-electron chi connectivity index (χ0n) is 10.0. The Bertz CT molecular complexity index is 344. The normalized spacial score (nSPS) is 39.7. The number of fused-ring (bicyclic) bond motifs is 1. The maximum atomic E-state index is 11.2. The van der Waals surface area contributed by atoms with E-state index in [-0.39, 0.29) is 18.6 Å². The Labute approximate surface area is 104 Å². The van der Waals surface area contributed by atoms with Crippen molar-refractivity contribution >= 4 is 11.9 Å². The van der Waals surface area contributed by atoms with Crippen molar-refractivity contribution in [1.82, 2.24) is 5.32 Å². The number of aliphatic hydroxyl groups excluding tert-OH is 2. The summed E-state index contributed by atoms with van der Waals surface area (Å²) < 4.78 is 10.3. The summed E-state index contributed by atoms with van der Waals surface area (Å²) in [7, 11) is 0. The van der Waals surface area contributed by atoms with E-state index in [0.717, 1.165) is 0 Å². The minimum atomic E-state index is -1.19. The molecule has 2 fully saturated rings. The summed E-state index contributed by atoms with van der Waals surface area (Å²) in [4.78, 5) is 22.0. The number of esters is 1. The molecule has 7 heteroatoms. The third kappa shape index (κ3) is 2.63. The number of amides is 1. The molecule has 2 saturated heterocycles. The summed E-state index contributed by atoms with van der Waals surface area (Å²) in [5.41, 5.74) is 0. The van der Waals surface area contributed by atoms with Gasteiger partial charge in [0.2, 0.25) is 5.91 Å². The number of aliphatic hydroxyl groups is 2. The monoisotopic (exact) mass is 259 g/mol. The number of nitrogens with one attached hydrogen (secondary N) is 1. The van der Waals surface area contributed by atoms with Crippen molar-refractivity contribution in [3.8, 4) is 0 Å². The Morgan fingerprint density at radius 2 is 2.22 bits per heavy atom. The number of piperidine rings is 1. The van der Waals surface area contributed by atoms with Crippen molar-refractivity contribution in [3.63, 3.8) is 0 Å². The molecule has 2 aliphatic rings. The van der Waals surface area contributed by atoms with Crippen LogP contribution in [0.4, 0.5) is 0 Å². The predicted molar refractivity (Wildman–Crippen MR) is 58.5 cm³/mol. The number of rotatable bonds is 2. The van der Waals surface area contributed by atoms with Crippen molar-refractivity contribution in [2.24, 2.45) is 0 Å². The highest BCUT2D eigenvalue weighted by molar-refractivity contribution is 5.77. The van der Waals surface area contributed by atoms with Gasteiger partial charge in [-0.15, -0.1) is 0 Å². The molecular weight excluding hydrogens is 242 g/mol. The zero-order chi connectivity index (χ0) is 13.3. The molecule has 0 aromatic carbocycles. The van der Waals surface area contributed by atoms with E-state index in [4.69, 9.17) is 9.47 Å². The highest BCUT2D eigenvalue weighted by atomic mass is 16.6. The van der Waals surface area contributed by atoms with Gasteiger partial charge in [0.15, 0.2) is 0 Å². The molecule has 7 nitrogen and oxygen atoms in total. The Morgan fingerprint density at radius 3 is 2.89 bits per heavy atom. The van der Waals surface area contributed by atoms with Crippen molar-refractivity contribution < 1.29 is 29.3 Å². The van der Waals surface area contributed by atoms with E-state index in [0.29, 0.717) is 12.8 Å². The molecule has 0 saturated carbocycles. The van der Waals surface area contributed by atoms with Crippen LogP contribution in [0.3, 0.4) is 0 Å². The lowest BCUT2D eigenvalue weighted by atomic mass is 9.88. The van der Waals surface area contributed by atoms with E-state index < -0.39 is 30.3 Å². The van der Waals surface area contributed by atoms with Gasteiger partial charge in [-0.3, -0.25) is 9.59 Å². The summed E-state index contributed by atoms with van der Waals surface area (Å²) in [6.07, 6.45) is -2.62. The van der Waals surface area contributed by atoms with Gasteiger partial charge in [0, 0.05) is 13.3 Å². The second-order valence-corrected chi connectivity index (χ2v) is 4.63. The number of ether oxygens (including phenoxy) is 2. The van der Waals surface area contributed by atoms with Crippen LogP contribution in [0.25, 0.3) is 0 Å². The maximum absolute atomic E-state index is 11.2. The molecule has 0 aromatic rings. The molecule has 2 rings (SSSR count). The molecule has 18 heavy (non-hydrogen) atoms. The first kappa shape index (κ1) is 13.3. The van der Waals surface area contributed by atoms with Gasteiger partial charge in [-0.1, -0.05) is 0 Å². The highest BCUT2D eigenvalue weighted by Gasteiger charge is 2.46. The van der Waals surface area contributed by atoms with Crippen LogP contribution in [0.2, 0.25) is 0 Å². The van der Waals surface area contributed by atoms with E-state index in [1.807, 2.05) is 0 Å². The zero-order valence-corrected chi connectivity index (χ0v) is 10.0. The summed E-state index contributed by atoms with van der Waals surface area (Å²) in [5, 5.41) is 22.4. The molecule has 3 N–H and O–H groups in total. The standard InChI is InChI=1S/C11H17NO6/c1-5(13)17-4-7-10(15)11(16)9-6(18-7)2-3-8(14)12-9/h6-7,9-11,15-16H,2-4H2,1H3,(H,12,14). The molecule has 1 amide bonds. The van der Waals surface area contributed by atoms with Gasteiger partial charge < -0.3 is 25.0 Å². The van der Waals surface area contributed by atoms with Crippen LogP contribution in [-0.2, 0) is 19.1 Å². The van der Waals surface area contributed by atoms with Crippen LogP contribution in [0.1, 0.15) is 19.8 Å². The quantitative estimate of drug-likeness (QED) is 0.511. The van der Waals surface area contributed by atoms with Gasteiger partial charge >= 0.3 is 5.97 Å². The second-order valence-electron chi connectivity index (χ2n) is 4.63. The fourth-order valence-electron chi connectivity index (χ4n) is 2.34. The van der Waals surface area contributed by atoms with Crippen LogP contribution in [-0.4, -0.2) is 59.2 Å². The first-order chi connectivity index (χ1) is 8.49. The summed E-state index contributed by atoms with van der Waals surface area (Å²) in [5.74, 6) is -0.635. The minimum absolute atomic E-state index is 0.106. The van der Waals surface area contributed by atoms with Crippen LogP contribution >= 0.6 is 0 Å². The summed E-state index contributed by atoms with van der Waals surface area (Å²) in [6.45, 7) is 1.15. The molecule has 2 aliphatic heterocycles. The molecular formula is C11H17NO6. The highest BCUT2D eigenvalue weighted by Crippen LogP contribution is 2.26. The molecule has 5 unspecified atom stereocenters. The van der Waals surface area contributed by atoms with Gasteiger partial charge in [-0.05, 0) is 6.42 Å². The molecule has 0 aliphatic carbocycles. The van der Waals surface area contributed by atoms with Crippen molar-refractivity contribution in [1.29, 1.82) is 0 Å². The summed E-state index contributed by atoms with van der Waals surface area (Å²) in [6, 6.07) is -0.602. The van der Waals surface area contributed by atoms with Gasteiger partial charge in [-0.2, -0.15) is 0 Å². The molecule has 0 spiro atoms. The molecule has 0 radical (unpaired) electrons. The fraction of sp³-hybridized carbons (Fsp3) is 0.818. The van der Waals surface area contributed by atoms with Gasteiger partial charge in [0.05, 0.1) is 12.1 Å². The maximum Gasteiger partial charge on any atom is 0.302 e. The van der Waals surface area contributed by atoms with Crippen LogP contribution in [0.5, 0.6) is 0 Å². The first-order valence-electron chi connectivity index (χ1n) is 5.93. The lowest BCUT2D eigenvalue weighted by molar-refractivity contribution is -0.206. The van der Waals surface area contributed by atoms with E-state index in [2.05, 4.69) is 5.32 Å². The van der Waals surface area contributed by atoms with Crippen LogP contribution in [0.15, 0.2) is 0 Å². The third-order valence-corrected chi connectivity index (χ3v) is 3.28. The van der Waals surface area contributed by atoms with Crippen molar-refractivity contribution in [2.45, 2.75) is 50.2 Å². The van der Waals surface area contributed by atoms with Crippen LogP contribution < -0.4 is 5.32 Å². The first-order valence-corrected chi connectivity index (χ1v) is 5.93. The summed E-state index contributed by atoms with van der Waals surface area (Å²) >= 11 is 0. The van der Waals surface area contributed by atoms with E-state index in [1.165, 1.54) is 6.92 Å². The predicted octanol–water partition coefficient (Wildman–Crippen LogP) is -1.68. The molecule has 5 atom stereocenters. The molecule has 2 heterocycles. The smallest absolute Gasteiger partial charge is 0.302 e. The Hall–Kier alpha value is -1.18. The fourth-order valence-corrected chi connectivity index (χ4v) is 2.34.